The molecule has 0 aliphatic carbocycles. The summed E-state index contributed by atoms with van der Waals surface area (Å²) >= 11 is 1.76. The van der Waals surface area contributed by atoms with Gasteiger partial charge in [-0.25, -0.2) is 4.98 Å². The Balaban J connectivity index is 0.00000400. The molecule has 0 bridgehead atoms. The molecule has 0 aliphatic heterocycles. The fraction of sp³-hybridized carbons (Fsp3) is 0.733. The Morgan fingerprint density at radius 2 is 2.19 bits per heavy atom. The summed E-state index contributed by atoms with van der Waals surface area (Å²) < 4.78 is 0. The van der Waals surface area contributed by atoms with E-state index in [-0.39, 0.29) is 24.0 Å². The summed E-state index contributed by atoms with van der Waals surface area (Å²) in [7, 11) is 1.82. The van der Waals surface area contributed by atoms with Crippen molar-refractivity contribution in [2.75, 3.05) is 13.6 Å². The van der Waals surface area contributed by atoms with Gasteiger partial charge in [-0.1, -0.05) is 26.2 Å². The van der Waals surface area contributed by atoms with E-state index in [9.17, 15) is 0 Å². The van der Waals surface area contributed by atoms with E-state index in [0.717, 1.165) is 18.9 Å². The van der Waals surface area contributed by atoms with E-state index in [1.807, 2.05) is 13.2 Å². The van der Waals surface area contributed by atoms with Gasteiger partial charge >= 0.3 is 0 Å². The average molecular weight is 424 g/mol. The topological polar surface area (TPSA) is 49.3 Å². The third kappa shape index (κ3) is 9.29. The van der Waals surface area contributed by atoms with Gasteiger partial charge < -0.3 is 10.6 Å². The lowest BCUT2D eigenvalue weighted by molar-refractivity contribution is 0.547. The summed E-state index contributed by atoms with van der Waals surface area (Å²) in [6, 6.07) is 0.467. The highest BCUT2D eigenvalue weighted by molar-refractivity contribution is 14.0. The minimum absolute atomic E-state index is 0. The molecule has 1 unspecified atom stereocenters. The number of guanidine groups is 1. The zero-order chi connectivity index (χ0) is 14.8. The Kier molecular flexibility index (Phi) is 12.0. The number of nitrogens with one attached hydrogen (secondary N) is 2. The van der Waals surface area contributed by atoms with Crippen LogP contribution in [0.15, 0.2) is 11.2 Å². The normalized spacial score (nSPS) is 12.7. The van der Waals surface area contributed by atoms with Crippen LogP contribution in [0, 0.1) is 6.92 Å². The van der Waals surface area contributed by atoms with Crippen LogP contribution >= 0.6 is 35.3 Å². The van der Waals surface area contributed by atoms with Gasteiger partial charge in [-0.3, -0.25) is 4.99 Å². The van der Waals surface area contributed by atoms with Crippen molar-refractivity contribution in [3.63, 3.8) is 0 Å². The fourth-order valence-electron chi connectivity index (χ4n) is 2.01. The molecule has 0 aliphatic rings. The first kappa shape index (κ1) is 20.6. The van der Waals surface area contributed by atoms with Crippen LogP contribution in [0.4, 0.5) is 0 Å². The molecule has 4 nitrogen and oxygen atoms in total. The number of hydrogen-bond donors (Lipinski definition) is 2. The predicted molar refractivity (Wildman–Crippen MR) is 104 cm³/mol. The molecule has 2 N–H and O–H groups in total. The van der Waals surface area contributed by atoms with Crippen molar-refractivity contribution < 1.29 is 0 Å². The minimum Gasteiger partial charge on any atom is -0.356 e. The molecule has 0 spiro atoms. The highest BCUT2D eigenvalue weighted by Crippen LogP contribution is 2.10. The van der Waals surface area contributed by atoms with Crippen molar-refractivity contribution in [2.24, 2.45) is 4.99 Å². The van der Waals surface area contributed by atoms with E-state index in [0.29, 0.717) is 6.04 Å². The molecule has 0 saturated heterocycles. The lowest BCUT2D eigenvalue weighted by Crippen LogP contribution is -2.42. The van der Waals surface area contributed by atoms with Crippen molar-refractivity contribution in [1.82, 2.24) is 15.6 Å². The van der Waals surface area contributed by atoms with Crippen molar-refractivity contribution in [2.45, 2.75) is 58.9 Å². The van der Waals surface area contributed by atoms with Gasteiger partial charge in [0.15, 0.2) is 5.96 Å². The number of aromatic nitrogens is 1. The number of thiazole rings is 1. The van der Waals surface area contributed by atoms with Crippen molar-refractivity contribution in [3.05, 3.63) is 16.1 Å². The highest BCUT2D eigenvalue weighted by Gasteiger charge is 2.05. The summed E-state index contributed by atoms with van der Waals surface area (Å²) in [6.45, 7) is 7.41. The maximum Gasteiger partial charge on any atom is 0.191 e. The Morgan fingerprint density at radius 1 is 1.43 bits per heavy atom. The largest absolute Gasteiger partial charge is 0.356 e. The molecule has 0 amide bonds. The molecule has 6 heteroatoms. The molecule has 0 saturated carbocycles. The number of aryl methyl sites for hydroxylation is 1. The second kappa shape index (κ2) is 12.2. The minimum atomic E-state index is 0. The standard InChI is InChI=1S/C15H28N4S.HI/c1-5-6-7-8-12(2)19-15(16-4)17-10-9-14-18-11-13(3)20-14;/h11-12H,5-10H2,1-4H3,(H2,16,17,19);1H. The van der Waals surface area contributed by atoms with Crippen LogP contribution in [0.1, 0.15) is 49.4 Å². The number of halogens is 1. The maximum absolute atomic E-state index is 4.37. The Morgan fingerprint density at radius 3 is 2.76 bits per heavy atom. The molecule has 1 atom stereocenters. The monoisotopic (exact) mass is 424 g/mol. The van der Waals surface area contributed by atoms with Gasteiger partial charge in [0.1, 0.15) is 0 Å². The van der Waals surface area contributed by atoms with E-state index < -0.39 is 0 Å². The average Bonchev–Trinajstić information content (AvgIpc) is 2.83. The quantitative estimate of drug-likeness (QED) is 0.289. The van der Waals surface area contributed by atoms with Crippen LogP contribution in [0.2, 0.25) is 0 Å². The number of nitrogens with zero attached hydrogens (tertiary/aromatic N) is 2. The lowest BCUT2D eigenvalue weighted by atomic mass is 10.1. The first-order valence-corrected chi connectivity index (χ1v) is 8.35. The molecule has 21 heavy (non-hydrogen) atoms. The van der Waals surface area contributed by atoms with Crippen LogP contribution in [0.25, 0.3) is 0 Å². The predicted octanol–water partition coefficient (Wildman–Crippen LogP) is 3.75. The molecule has 0 radical (unpaired) electrons. The zero-order valence-corrected chi connectivity index (χ0v) is 16.8. The van der Waals surface area contributed by atoms with Crippen molar-refractivity contribution in [1.29, 1.82) is 0 Å². The second-order valence-electron chi connectivity index (χ2n) is 5.15. The third-order valence-electron chi connectivity index (χ3n) is 3.15. The summed E-state index contributed by atoms with van der Waals surface area (Å²) in [4.78, 5) is 9.91. The van der Waals surface area contributed by atoms with Gasteiger partial charge in [-0.15, -0.1) is 35.3 Å². The van der Waals surface area contributed by atoms with Crippen LogP contribution in [0.3, 0.4) is 0 Å². The molecule has 0 fully saturated rings. The number of rotatable bonds is 8. The summed E-state index contributed by atoms with van der Waals surface area (Å²) in [5, 5.41) is 7.97. The van der Waals surface area contributed by atoms with Gasteiger partial charge in [0.05, 0.1) is 5.01 Å². The van der Waals surface area contributed by atoms with E-state index in [2.05, 4.69) is 41.4 Å². The van der Waals surface area contributed by atoms with E-state index >= 15 is 0 Å². The van der Waals surface area contributed by atoms with E-state index in [1.165, 1.54) is 35.6 Å². The number of hydrogen-bond acceptors (Lipinski definition) is 3. The van der Waals surface area contributed by atoms with Crippen LogP contribution in [-0.4, -0.2) is 30.6 Å². The van der Waals surface area contributed by atoms with Crippen molar-refractivity contribution in [3.8, 4) is 0 Å². The highest BCUT2D eigenvalue weighted by atomic mass is 127. The van der Waals surface area contributed by atoms with E-state index in [1.54, 1.807) is 11.3 Å². The summed E-state index contributed by atoms with van der Waals surface area (Å²) in [6.07, 6.45) is 7.93. The van der Waals surface area contributed by atoms with Crippen LogP contribution in [0.5, 0.6) is 0 Å². The summed E-state index contributed by atoms with van der Waals surface area (Å²) in [5.74, 6) is 0.891. The fourth-order valence-corrected chi connectivity index (χ4v) is 2.79. The maximum atomic E-state index is 4.37. The Hall–Kier alpha value is -0.370. The Bertz CT molecular complexity index is 406. The number of aliphatic imine (C=N–C) groups is 1. The molecular formula is C15H29IN4S. The molecular weight excluding hydrogens is 395 g/mol. The molecule has 1 heterocycles. The van der Waals surface area contributed by atoms with Crippen LogP contribution < -0.4 is 10.6 Å². The van der Waals surface area contributed by atoms with Crippen molar-refractivity contribution >= 4 is 41.3 Å². The third-order valence-corrected chi connectivity index (χ3v) is 4.12. The van der Waals surface area contributed by atoms with E-state index in [4.69, 9.17) is 0 Å². The molecule has 1 aromatic heterocycles. The lowest BCUT2D eigenvalue weighted by Gasteiger charge is -2.17. The first-order valence-electron chi connectivity index (χ1n) is 7.54. The van der Waals surface area contributed by atoms with Gasteiger partial charge in [-0.05, 0) is 20.3 Å². The molecule has 0 aromatic carbocycles. The van der Waals surface area contributed by atoms with Gasteiger partial charge in [0, 0.05) is 37.1 Å². The van der Waals surface area contributed by atoms with Gasteiger partial charge in [0.2, 0.25) is 0 Å². The Labute approximate surface area is 150 Å². The second-order valence-corrected chi connectivity index (χ2v) is 6.47. The van der Waals surface area contributed by atoms with Gasteiger partial charge in [0.25, 0.3) is 0 Å². The molecule has 1 rings (SSSR count). The molecule has 1 aromatic rings. The molecule has 122 valence electrons. The van der Waals surface area contributed by atoms with Gasteiger partial charge in [-0.2, -0.15) is 0 Å². The van der Waals surface area contributed by atoms with Crippen LogP contribution in [-0.2, 0) is 6.42 Å². The smallest absolute Gasteiger partial charge is 0.191 e. The first-order chi connectivity index (χ1) is 9.65. The SMILES string of the molecule is CCCCCC(C)NC(=NC)NCCc1ncc(C)s1.I. The summed E-state index contributed by atoms with van der Waals surface area (Å²) in [5.41, 5.74) is 0. The number of unbranched alkanes of at least 4 members (excludes halogenated alkanes) is 2. The zero-order valence-electron chi connectivity index (χ0n) is 13.6.